The monoisotopic (exact) mass is 293 g/mol. The maximum absolute atomic E-state index is 10.9. The number of nitrogens with one attached hydrogen (secondary N) is 1. The van der Waals surface area contributed by atoms with E-state index in [-0.39, 0.29) is 6.42 Å². The lowest BCUT2D eigenvalue weighted by Crippen LogP contribution is -1.99. The van der Waals surface area contributed by atoms with Crippen LogP contribution in [0.15, 0.2) is 48.5 Å². The largest absolute Gasteiger partial charge is 0.481 e. The summed E-state index contributed by atoms with van der Waals surface area (Å²) in [6.45, 7) is 2.16. The van der Waals surface area contributed by atoms with Gasteiger partial charge in [-0.15, -0.1) is 0 Å². The molecule has 0 saturated carbocycles. The van der Waals surface area contributed by atoms with Crippen LogP contribution < -0.4 is 0 Å². The van der Waals surface area contributed by atoms with Gasteiger partial charge in [-0.25, -0.2) is 0 Å². The lowest BCUT2D eigenvalue weighted by Gasteiger charge is -2.04. The minimum atomic E-state index is -0.796. The Morgan fingerprint density at radius 2 is 1.91 bits per heavy atom. The van der Waals surface area contributed by atoms with Crippen molar-refractivity contribution in [3.63, 3.8) is 0 Å². The highest BCUT2D eigenvalue weighted by Crippen LogP contribution is 2.32. The molecular weight excluding hydrogens is 274 g/mol. The highest BCUT2D eigenvalue weighted by Gasteiger charge is 2.13. The van der Waals surface area contributed by atoms with Crippen LogP contribution in [0.3, 0.4) is 0 Å². The third kappa shape index (κ3) is 2.75. The molecule has 0 fully saturated rings. The van der Waals surface area contributed by atoms with Gasteiger partial charge in [0.2, 0.25) is 0 Å². The number of hydrogen-bond donors (Lipinski definition) is 2. The van der Waals surface area contributed by atoms with Crippen molar-refractivity contribution in [3.8, 4) is 11.3 Å². The van der Waals surface area contributed by atoms with E-state index in [1.165, 1.54) is 11.1 Å². The van der Waals surface area contributed by atoms with Crippen LogP contribution in [-0.4, -0.2) is 16.1 Å². The average molecular weight is 293 g/mol. The van der Waals surface area contributed by atoms with Crippen LogP contribution in [0.1, 0.15) is 24.5 Å². The van der Waals surface area contributed by atoms with E-state index in [9.17, 15) is 4.79 Å². The summed E-state index contributed by atoms with van der Waals surface area (Å²) in [6.07, 6.45) is 2.09. The SMILES string of the molecule is CCCc1c(-c2ccccc2)[nH]c2ccc(CC(=O)O)cc12. The zero-order valence-electron chi connectivity index (χ0n) is 12.6. The number of aliphatic carboxylic acids is 1. The van der Waals surface area contributed by atoms with Gasteiger partial charge in [-0.1, -0.05) is 49.7 Å². The number of aromatic amines is 1. The normalized spacial score (nSPS) is 11.0. The summed E-state index contributed by atoms with van der Waals surface area (Å²) in [7, 11) is 0. The molecule has 1 aromatic heterocycles. The van der Waals surface area contributed by atoms with Crippen molar-refractivity contribution < 1.29 is 9.90 Å². The van der Waals surface area contributed by atoms with Crippen molar-refractivity contribution in [2.24, 2.45) is 0 Å². The van der Waals surface area contributed by atoms with Crippen molar-refractivity contribution in [1.82, 2.24) is 4.98 Å². The molecule has 0 unspecified atom stereocenters. The van der Waals surface area contributed by atoms with E-state index < -0.39 is 5.97 Å². The number of H-pyrrole nitrogens is 1. The second-order valence-corrected chi connectivity index (χ2v) is 5.55. The molecule has 2 aromatic carbocycles. The van der Waals surface area contributed by atoms with Crippen molar-refractivity contribution in [2.75, 3.05) is 0 Å². The fraction of sp³-hybridized carbons (Fsp3) is 0.211. The van der Waals surface area contributed by atoms with E-state index in [2.05, 4.69) is 24.0 Å². The maximum Gasteiger partial charge on any atom is 0.307 e. The fourth-order valence-corrected chi connectivity index (χ4v) is 2.94. The molecular formula is C19H19NO2. The minimum Gasteiger partial charge on any atom is -0.481 e. The van der Waals surface area contributed by atoms with Crippen LogP contribution in [0, 0.1) is 0 Å². The number of carboxylic acid groups (broad SMARTS) is 1. The van der Waals surface area contributed by atoms with Gasteiger partial charge in [0, 0.05) is 16.6 Å². The Bertz CT molecular complexity index is 803. The quantitative estimate of drug-likeness (QED) is 0.732. The maximum atomic E-state index is 10.9. The Balaban J connectivity index is 2.16. The molecule has 0 aliphatic rings. The lowest BCUT2D eigenvalue weighted by molar-refractivity contribution is -0.136. The molecule has 0 aliphatic carbocycles. The van der Waals surface area contributed by atoms with Crippen LogP contribution in [-0.2, 0) is 17.6 Å². The predicted octanol–water partition coefficient (Wildman–Crippen LogP) is 4.41. The van der Waals surface area contributed by atoms with Gasteiger partial charge >= 0.3 is 5.97 Å². The van der Waals surface area contributed by atoms with E-state index in [1.54, 1.807) is 0 Å². The summed E-state index contributed by atoms with van der Waals surface area (Å²) < 4.78 is 0. The molecule has 22 heavy (non-hydrogen) atoms. The Kier molecular flexibility index (Phi) is 3.96. The number of fused-ring (bicyclic) bond motifs is 1. The van der Waals surface area contributed by atoms with Gasteiger partial charge in [0.1, 0.15) is 0 Å². The fourth-order valence-electron chi connectivity index (χ4n) is 2.94. The summed E-state index contributed by atoms with van der Waals surface area (Å²) in [5, 5.41) is 10.1. The summed E-state index contributed by atoms with van der Waals surface area (Å²) >= 11 is 0. The molecule has 3 rings (SSSR count). The number of carboxylic acids is 1. The van der Waals surface area contributed by atoms with Gasteiger partial charge in [0.25, 0.3) is 0 Å². The highest BCUT2D eigenvalue weighted by atomic mass is 16.4. The first-order valence-electron chi connectivity index (χ1n) is 7.59. The van der Waals surface area contributed by atoms with Crippen LogP contribution in [0.4, 0.5) is 0 Å². The Morgan fingerprint density at radius 1 is 1.14 bits per heavy atom. The van der Waals surface area contributed by atoms with Crippen LogP contribution in [0.25, 0.3) is 22.2 Å². The van der Waals surface area contributed by atoms with Gasteiger partial charge in [0.05, 0.1) is 6.42 Å². The summed E-state index contributed by atoms with van der Waals surface area (Å²) in [5.74, 6) is -0.796. The second kappa shape index (κ2) is 6.06. The van der Waals surface area contributed by atoms with Crippen molar-refractivity contribution in [1.29, 1.82) is 0 Å². The summed E-state index contributed by atoms with van der Waals surface area (Å²) in [6, 6.07) is 16.2. The molecule has 0 spiro atoms. The molecule has 112 valence electrons. The first-order valence-corrected chi connectivity index (χ1v) is 7.59. The minimum absolute atomic E-state index is 0.0629. The molecule has 2 N–H and O–H groups in total. The molecule has 0 aliphatic heterocycles. The van der Waals surface area contributed by atoms with E-state index in [0.717, 1.165) is 35.0 Å². The van der Waals surface area contributed by atoms with E-state index >= 15 is 0 Å². The molecule has 1 heterocycles. The second-order valence-electron chi connectivity index (χ2n) is 5.55. The topological polar surface area (TPSA) is 53.1 Å². The third-order valence-electron chi connectivity index (χ3n) is 3.89. The van der Waals surface area contributed by atoms with E-state index in [0.29, 0.717) is 0 Å². The number of benzene rings is 2. The number of carbonyl (C=O) groups is 1. The summed E-state index contributed by atoms with van der Waals surface area (Å²) in [5.41, 5.74) is 5.50. The summed E-state index contributed by atoms with van der Waals surface area (Å²) in [4.78, 5) is 14.4. The van der Waals surface area contributed by atoms with Crippen molar-refractivity contribution in [2.45, 2.75) is 26.2 Å². The van der Waals surface area contributed by atoms with Crippen LogP contribution in [0.2, 0.25) is 0 Å². The van der Waals surface area contributed by atoms with E-state index in [1.807, 2.05) is 36.4 Å². The molecule has 3 aromatic rings. The Labute approximate surface area is 129 Å². The van der Waals surface area contributed by atoms with Crippen molar-refractivity contribution in [3.05, 3.63) is 59.7 Å². The Morgan fingerprint density at radius 3 is 2.59 bits per heavy atom. The van der Waals surface area contributed by atoms with Gasteiger partial charge in [-0.05, 0) is 35.2 Å². The molecule has 0 bridgehead atoms. The first-order chi connectivity index (χ1) is 10.7. The molecule has 0 amide bonds. The first kappa shape index (κ1) is 14.4. The standard InChI is InChI=1S/C19H19NO2/c1-2-6-15-16-11-13(12-18(21)22)9-10-17(16)20-19(15)14-7-4-3-5-8-14/h3-5,7-11,20H,2,6,12H2,1H3,(H,21,22). The number of hydrogen-bond acceptors (Lipinski definition) is 1. The van der Waals surface area contributed by atoms with Gasteiger partial charge in [-0.3, -0.25) is 4.79 Å². The van der Waals surface area contributed by atoms with Gasteiger partial charge < -0.3 is 10.1 Å². The number of aromatic nitrogens is 1. The van der Waals surface area contributed by atoms with Gasteiger partial charge in [-0.2, -0.15) is 0 Å². The number of aryl methyl sites for hydroxylation is 1. The van der Waals surface area contributed by atoms with Crippen LogP contribution >= 0.6 is 0 Å². The van der Waals surface area contributed by atoms with Crippen molar-refractivity contribution >= 4 is 16.9 Å². The van der Waals surface area contributed by atoms with Gasteiger partial charge in [0.15, 0.2) is 0 Å². The average Bonchev–Trinajstić information content (AvgIpc) is 2.86. The molecule has 0 atom stereocenters. The zero-order chi connectivity index (χ0) is 15.5. The predicted molar refractivity (Wildman–Crippen MR) is 89.1 cm³/mol. The van der Waals surface area contributed by atoms with E-state index in [4.69, 9.17) is 5.11 Å². The smallest absolute Gasteiger partial charge is 0.307 e. The van der Waals surface area contributed by atoms with Crippen LogP contribution in [0.5, 0.6) is 0 Å². The molecule has 3 nitrogen and oxygen atoms in total. The number of rotatable bonds is 5. The Hall–Kier alpha value is -2.55. The highest BCUT2D eigenvalue weighted by molar-refractivity contribution is 5.91. The lowest BCUT2D eigenvalue weighted by atomic mass is 10.00. The molecule has 3 heteroatoms. The molecule has 0 radical (unpaired) electrons. The molecule has 0 saturated heterocycles. The third-order valence-corrected chi connectivity index (χ3v) is 3.89. The zero-order valence-corrected chi connectivity index (χ0v) is 12.6.